The predicted octanol–water partition coefficient (Wildman–Crippen LogP) is 6.70. The Morgan fingerprint density at radius 2 is 0.533 bits per heavy atom. The van der Waals surface area contributed by atoms with E-state index in [4.69, 9.17) is 0 Å². The predicted molar refractivity (Wildman–Crippen MR) is 125 cm³/mol. The molecular weight excluding hydrogens is 368 g/mol. The van der Waals surface area contributed by atoms with Crippen molar-refractivity contribution in [2.45, 2.75) is 69.2 Å². The molecule has 30 heavy (non-hydrogen) atoms. The Bertz CT molecular complexity index is 1250. The molecule has 0 fully saturated rings. The number of rotatable bonds is 0. The molecule has 0 aromatic heterocycles. The highest BCUT2D eigenvalue weighted by molar-refractivity contribution is 6.32. The third-order valence-electron chi connectivity index (χ3n) is 8.03. The van der Waals surface area contributed by atoms with Crippen molar-refractivity contribution in [1.82, 2.24) is 0 Å². The number of hydrogen-bond acceptors (Lipinski definition) is 2. The second kappa shape index (κ2) is 6.38. The van der Waals surface area contributed by atoms with Gasteiger partial charge in [-0.15, -0.1) is 0 Å². The fraction of sp³-hybridized carbons (Fsp3) is 0.357. The maximum atomic E-state index is 13.9. The maximum Gasteiger partial charge on any atom is 0.195 e. The lowest BCUT2D eigenvalue weighted by atomic mass is 9.72. The molecule has 0 unspecified atom stereocenters. The first-order valence-corrected chi connectivity index (χ1v) is 10.7. The van der Waals surface area contributed by atoms with Gasteiger partial charge in [-0.2, -0.15) is 0 Å². The summed E-state index contributed by atoms with van der Waals surface area (Å²) in [5.74, 6) is 0.00200. The highest BCUT2D eigenvalue weighted by Gasteiger charge is 2.37. The van der Waals surface area contributed by atoms with E-state index in [2.05, 4.69) is 27.7 Å². The fourth-order valence-corrected chi connectivity index (χ4v) is 5.57. The number of hydrogen-bond donors (Lipinski definition) is 0. The summed E-state index contributed by atoms with van der Waals surface area (Å²) in [6, 6.07) is 0. The second-order valence-corrected chi connectivity index (χ2v) is 9.16. The molecule has 154 valence electrons. The Morgan fingerprint density at radius 3 is 0.833 bits per heavy atom. The van der Waals surface area contributed by atoms with Crippen molar-refractivity contribution in [2.24, 2.45) is 0 Å². The molecule has 3 aromatic carbocycles. The smallest absolute Gasteiger partial charge is 0.195 e. The van der Waals surface area contributed by atoms with Gasteiger partial charge >= 0.3 is 0 Å². The summed E-state index contributed by atoms with van der Waals surface area (Å²) in [7, 11) is 0. The largest absolute Gasteiger partial charge is 0.289 e. The van der Waals surface area contributed by atoms with Crippen molar-refractivity contribution < 1.29 is 9.59 Å². The van der Waals surface area contributed by atoms with Gasteiger partial charge in [0.25, 0.3) is 0 Å². The van der Waals surface area contributed by atoms with Gasteiger partial charge in [0.05, 0.1) is 0 Å². The van der Waals surface area contributed by atoms with Crippen LogP contribution in [-0.2, 0) is 0 Å². The van der Waals surface area contributed by atoms with E-state index in [1.807, 2.05) is 41.5 Å². The Kier molecular flexibility index (Phi) is 4.36. The van der Waals surface area contributed by atoms with Gasteiger partial charge in [0.15, 0.2) is 11.6 Å². The van der Waals surface area contributed by atoms with Crippen LogP contribution in [0.25, 0.3) is 10.8 Å². The summed E-state index contributed by atoms with van der Waals surface area (Å²) < 4.78 is 0. The minimum absolute atomic E-state index is 0.00100. The lowest BCUT2D eigenvalue weighted by Crippen LogP contribution is -2.27. The quantitative estimate of drug-likeness (QED) is 0.330. The molecule has 0 bridgehead atoms. The zero-order valence-corrected chi connectivity index (χ0v) is 19.8. The first kappa shape index (κ1) is 20.5. The summed E-state index contributed by atoms with van der Waals surface area (Å²) in [6.07, 6.45) is 0. The third-order valence-corrected chi connectivity index (χ3v) is 8.03. The topological polar surface area (TPSA) is 34.1 Å². The van der Waals surface area contributed by atoms with Crippen molar-refractivity contribution in [1.29, 1.82) is 0 Å². The van der Waals surface area contributed by atoms with Crippen molar-refractivity contribution in [2.75, 3.05) is 0 Å². The summed E-state index contributed by atoms with van der Waals surface area (Å²) in [4.78, 5) is 27.8. The van der Waals surface area contributed by atoms with E-state index in [-0.39, 0.29) is 11.6 Å². The van der Waals surface area contributed by atoms with Crippen LogP contribution in [0.15, 0.2) is 0 Å². The van der Waals surface area contributed by atoms with E-state index >= 15 is 0 Å². The van der Waals surface area contributed by atoms with Gasteiger partial charge in [-0.3, -0.25) is 9.59 Å². The first-order valence-electron chi connectivity index (χ1n) is 10.7. The highest BCUT2D eigenvalue weighted by atomic mass is 16.1. The van der Waals surface area contributed by atoms with Crippen molar-refractivity contribution in [3.63, 3.8) is 0 Å². The van der Waals surface area contributed by atoms with Crippen molar-refractivity contribution in [3.8, 4) is 0 Å². The van der Waals surface area contributed by atoms with Crippen LogP contribution in [0.4, 0.5) is 0 Å². The summed E-state index contributed by atoms with van der Waals surface area (Å²) in [5.41, 5.74) is 13.3. The van der Waals surface area contributed by atoms with Gasteiger partial charge < -0.3 is 0 Å². The van der Waals surface area contributed by atoms with E-state index in [0.29, 0.717) is 22.3 Å². The molecule has 0 saturated carbocycles. The second-order valence-electron chi connectivity index (χ2n) is 9.16. The number of carbonyl (C=O) groups excluding carboxylic acids is 2. The molecule has 0 radical (unpaired) electrons. The van der Waals surface area contributed by atoms with Crippen molar-refractivity contribution >= 4 is 22.3 Å². The molecule has 0 spiro atoms. The lowest BCUT2D eigenvalue weighted by molar-refractivity contribution is 0.0977. The Labute approximate surface area is 179 Å². The molecule has 1 aliphatic rings. The Hall–Kier alpha value is -2.74. The molecule has 2 heteroatoms. The normalized spacial score (nSPS) is 13.1. The number of fused-ring (bicyclic) bond motifs is 3. The molecular formula is C28H30O2. The summed E-state index contributed by atoms with van der Waals surface area (Å²) >= 11 is 0. The molecule has 0 N–H and O–H groups in total. The average molecular weight is 399 g/mol. The van der Waals surface area contributed by atoms with Crippen LogP contribution in [0.5, 0.6) is 0 Å². The van der Waals surface area contributed by atoms with Crippen LogP contribution < -0.4 is 0 Å². The molecule has 0 atom stereocenters. The lowest BCUT2D eigenvalue weighted by Gasteiger charge is -2.29. The molecule has 0 amide bonds. The fourth-order valence-electron chi connectivity index (χ4n) is 5.57. The van der Waals surface area contributed by atoms with E-state index in [1.165, 1.54) is 22.3 Å². The van der Waals surface area contributed by atoms with E-state index < -0.39 is 0 Å². The van der Waals surface area contributed by atoms with Gasteiger partial charge in [-0.1, -0.05) is 0 Å². The van der Waals surface area contributed by atoms with Crippen LogP contribution in [0.2, 0.25) is 0 Å². The maximum absolute atomic E-state index is 13.9. The zero-order valence-electron chi connectivity index (χ0n) is 19.8. The van der Waals surface area contributed by atoms with Gasteiger partial charge in [0.2, 0.25) is 0 Å². The average Bonchev–Trinajstić information content (AvgIpc) is 2.70. The minimum atomic E-state index is 0.00100. The van der Waals surface area contributed by atoms with Crippen LogP contribution >= 0.6 is 0 Å². The summed E-state index contributed by atoms with van der Waals surface area (Å²) in [6.45, 7) is 20.6. The third kappa shape index (κ3) is 2.25. The Morgan fingerprint density at radius 1 is 0.300 bits per heavy atom. The molecule has 4 rings (SSSR count). The molecule has 1 aliphatic carbocycles. The van der Waals surface area contributed by atoms with Crippen LogP contribution in [0.3, 0.4) is 0 Å². The first-order chi connectivity index (χ1) is 13.9. The molecule has 0 heterocycles. The van der Waals surface area contributed by atoms with E-state index in [1.54, 1.807) is 0 Å². The van der Waals surface area contributed by atoms with Gasteiger partial charge in [-0.25, -0.2) is 0 Å². The van der Waals surface area contributed by atoms with Gasteiger partial charge in [-0.05, 0) is 136 Å². The molecule has 0 aliphatic heterocycles. The number of carbonyl (C=O) groups is 2. The molecule has 0 saturated heterocycles. The monoisotopic (exact) mass is 398 g/mol. The summed E-state index contributed by atoms with van der Waals surface area (Å²) in [5, 5.41) is 2.27. The van der Waals surface area contributed by atoms with Crippen LogP contribution in [-0.4, -0.2) is 11.6 Å². The standard InChI is InChI=1S/C28H30O2/c1-11-12(2)16(6)22-20(10)26-25(19(9)21(22)15(11)5)27(29)23-17(7)13(3)14(4)18(8)24(23)28(26)30/h1-10H3. The van der Waals surface area contributed by atoms with Crippen LogP contribution in [0.1, 0.15) is 87.5 Å². The zero-order chi connectivity index (χ0) is 22.4. The van der Waals surface area contributed by atoms with Crippen LogP contribution in [0, 0.1) is 69.2 Å². The molecule has 3 aromatic rings. The number of aryl methyl sites for hydroxylation is 4. The highest BCUT2D eigenvalue weighted by Crippen LogP contribution is 2.43. The molecule has 2 nitrogen and oxygen atoms in total. The Balaban J connectivity index is 2.27. The van der Waals surface area contributed by atoms with Gasteiger partial charge in [0.1, 0.15) is 0 Å². The minimum Gasteiger partial charge on any atom is -0.289 e. The van der Waals surface area contributed by atoms with Crippen molar-refractivity contribution in [3.05, 3.63) is 77.9 Å². The van der Waals surface area contributed by atoms with E-state index in [9.17, 15) is 9.59 Å². The van der Waals surface area contributed by atoms with Gasteiger partial charge in [0, 0.05) is 22.3 Å². The van der Waals surface area contributed by atoms with E-state index in [0.717, 1.165) is 44.2 Å². The SMILES string of the molecule is Cc1c(C)c(C)c2c(c1C)C(=O)c1c(c(C)c3c(C)c(C)c(C)c(C)c3c1C)C2=O. The number of ketones is 2. The number of benzene rings is 3.